The summed E-state index contributed by atoms with van der Waals surface area (Å²) in [7, 11) is 1.42. The highest BCUT2D eigenvalue weighted by molar-refractivity contribution is 5.95. The number of para-hydroxylation sites is 2. The van der Waals surface area contributed by atoms with Gasteiger partial charge in [0.1, 0.15) is 23.8 Å². The number of carbonyl (C=O) groups is 1. The van der Waals surface area contributed by atoms with E-state index in [0.29, 0.717) is 44.6 Å². The minimum atomic E-state index is -0.506. The molecule has 0 saturated carbocycles. The average Bonchev–Trinajstić information content (AvgIpc) is 3.39. The molecular formula is C27H20N4O6. The van der Waals surface area contributed by atoms with Gasteiger partial charge < -0.3 is 13.7 Å². The summed E-state index contributed by atoms with van der Waals surface area (Å²) in [5.41, 5.74) is 4.14. The van der Waals surface area contributed by atoms with Crippen molar-refractivity contribution in [3.05, 3.63) is 105 Å². The predicted octanol–water partition coefficient (Wildman–Crippen LogP) is 4.48. The number of amides is 1. The number of non-ortho nitro benzene ring substituents is 1. The molecule has 5 rings (SSSR count). The van der Waals surface area contributed by atoms with Crippen molar-refractivity contribution in [2.75, 3.05) is 7.11 Å². The van der Waals surface area contributed by atoms with Crippen LogP contribution in [0.4, 0.5) is 5.69 Å². The van der Waals surface area contributed by atoms with Crippen LogP contribution in [0.2, 0.25) is 0 Å². The van der Waals surface area contributed by atoms with Gasteiger partial charge in [0.05, 0.1) is 40.9 Å². The maximum Gasteiger partial charge on any atom is 0.273 e. The lowest BCUT2D eigenvalue weighted by atomic mass is 10.1. The van der Waals surface area contributed by atoms with Crippen molar-refractivity contribution < 1.29 is 18.9 Å². The van der Waals surface area contributed by atoms with Gasteiger partial charge in [-0.05, 0) is 42.5 Å². The number of rotatable bonds is 7. The standard InChI is InChI=1S/C27H20N4O6/c1-36-25-14-17(31(34)35)10-12-21(25)24-13-11-18(37-24)15-28-29-26(32)16-30-22-8-4-2-6-19(22)27(33)20-7-3-5-9-23(20)30/h2-15H,16H2,1H3,(H,29,32)/b28-15-. The minimum absolute atomic E-state index is 0.0535. The van der Waals surface area contributed by atoms with E-state index in [4.69, 9.17) is 9.15 Å². The second-order valence-electron chi connectivity index (χ2n) is 8.09. The number of nitrogens with one attached hydrogen (secondary N) is 1. The Morgan fingerprint density at radius 1 is 1.05 bits per heavy atom. The van der Waals surface area contributed by atoms with E-state index in [-0.39, 0.29) is 23.6 Å². The lowest BCUT2D eigenvalue weighted by molar-refractivity contribution is -0.384. The summed E-state index contributed by atoms with van der Waals surface area (Å²) in [6.45, 7) is -0.0535. The van der Waals surface area contributed by atoms with Crippen LogP contribution in [0.5, 0.6) is 5.75 Å². The van der Waals surface area contributed by atoms with Crippen molar-refractivity contribution in [2.45, 2.75) is 6.54 Å². The number of nitro benzene ring substituents is 1. The van der Waals surface area contributed by atoms with E-state index in [1.807, 2.05) is 12.1 Å². The van der Waals surface area contributed by atoms with Gasteiger partial charge in [0, 0.05) is 16.8 Å². The Morgan fingerprint density at radius 2 is 1.73 bits per heavy atom. The van der Waals surface area contributed by atoms with Crippen molar-refractivity contribution in [3.8, 4) is 17.1 Å². The molecule has 5 aromatic rings. The largest absolute Gasteiger partial charge is 0.496 e. The molecule has 0 spiro atoms. The number of methoxy groups -OCH3 is 1. The zero-order valence-electron chi connectivity index (χ0n) is 19.6. The Balaban J connectivity index is 1.35. The van der Waals surface area contributed by atoms with Crippen molar-refractivity contribution in [1.29, 1.82) is 0 Å². The summed E-state index contributed by atoms with van der Waals surface area (Å²) in [5, 5.41) is 16.1. The van der Waals surface area contributed by atoms with Crippen LogP contribution in [-0.2, 0) is 11.3 Å². The normalized spacial score (nSPS) is 11.3. The lowest BCUT2D eigenvalue weighted by Gasteiger charge is -2.14. The van der Waals surface area contributed by atoms with E-state index < -0.39 is 4.92 Å². The summed E-state index contributed by atoms with van der Waals surface area (Å²) >= 11 is 0. The Hall–Kier alpha value is -5.25. The van der Waals surface area contributed by atoms with Gasteiger partial charge in [0.15, 0.2) is 5.43 Å². The summed E-state index contributed by atoms with van der Waals surface area (Å²) in [6.07, 6.45) is 1.35. The number of nitrogens with zero attached hydrogens (tertiary/aromatic N) is 3. The van der Waals surface area contributed by atoms with E-state index in [1.165, 1.54) is 31.5 Å². The van der Waals surface area contributed by atoms with Crippen LogP contribution >= 0.6 is 0 Å². The number of ether oxygens (including phenoxy) is 1. The van der Waals surface area contributed by atoms with Crippen LogP contribution in [0.25, 0.3) is 33.1 Å². The molecule has 0 fully saturated rings. The third-order valence-corrected chi connectivity index (χ3v) is 5.85. The molecule has 0 saturated heterocycles. The molecular weight excluding hydrogens is 476 g/mol. The summed E-state index contributed by atoms with van der Waals surface area (Å²) < 4.78 is 12.8. The van der Waals surface area contributed by atoms with Crippen molar-refractivity contribution in [3.63, 3.8) is 0 Å². The van der Waals surface area contributed by atoms with E-state index in [0.717, 1.165) is 0 Å². The number of carbonyl (C=O) groups excluding carboxylic acids is 1. The van der Waals surface area contributed by atoms with Gasteiger partial charge >= 0.3 is 0 Å². The maximum atomic E-state index is 12.9. The zero-order chi connectivity index (χ0) is 25.9. The molecule has 10 nitrogen and oxygen atoms in total. The molecule has 0 bridgehead atoms. The fraction of sp³-hybridized carbons (Fsp3) is 0.0741. The summed E-state index contributed by atoms with van der Waals surface area (Å²) in [6, 6.07) is 21.8. The van der Waals surface area contributed by atoms with Gasteiger partial charge in [-0.25, -0.2) is 5.43 Å². The zero-order valence-corrected chi connectivity index (χ0v) is 19.6. The fourth-order valence-corrected chi connectivity index (χ4v) is 4.16. The second kappa shape index (κ2) is 9.78. The molecule has 1 amide bonds. The first-order valence-corrected chi connectivity index (χ1v) is 11.2. The second-order valence-corrected chi connectivity index (χ2v) is 8.09. The van der Waals surface area contributed by atoms with Crippen LogP contribution in [0.15, 0.2) is 93.2 Å². The fourth-order valence-electron chi connectivity index (χ4n) is 4.16. The van der Waals surface area contributed by atoms with E-state index in [9.17, 15) is 19.7 Å². The monoisotopic (exact) mass is 496 g/mol. The van der Waals surface area contributed by atoms with Crippen molar-refractivity contribution in [1.82, 2.24) is 9.99 Å². The molecule has 10 heteroatoms. The number of aromatic nitrogens is 1. The van der Waals surface area contributed by atoms with Crippen LogP contribution in [0.1, 0.15) is 5.76 Å². The summed E-state index contributed by atoms with van der Waals surface area (Å²) in [5.74, 6) is 0.681. The van der Waals surface area contributed by atoms with Crippen LogP contribution in [0, 0.1) is 10.1 Å². The molecule has 0 radical (unpaired) electrons. The van der Waals surface area contributed by atoms with E-state index in [2.05, 4.69) is 10.5 Å². The Labute approximate surface area is 209 Å². The van der Waals surface area contributed by atoms with Gasteiger partial charge in [0.2, 0.25) is 0 Å². The van der Waals surface area contributed by atoms with Crippen LogP contribution < -0.4 is 15.6 Å². The molecule has 0 unspecified atom stereocenters. The highest BCUT2D eigenvalue weighted by atomic mass is 16.6. The first-order chi connectivity index (χ1) is 18.0. The van der Waals surface area contributed by atoms with E-state index >= 15 is 0 Å². The average molecular weight is 496 g/mol. The molecule has 2 aromatic heterocycles. The lowest BCUT2D eigenvalue weighted by Crippen LogP contribution is -2.25. The van der Waals surface area contributed by atoms with Crippen LogP contribution in [-0.4, -0.2) is 28.7 Å². The highest BCUT2D eigenvalue weighted by Gasteiger charge is 2.16. The van der Waals surface area contributed by atoms with Crippen molar-refractivity contribution in [2.24, 2.45) is 5.10 Å². The van der Waals surface area contributed by atoms with Crippen LogP contribution in [0.3, 0.4) is 0 Å². The quantitative estimate of drug-likeness (QED) is 0.153. The number of pyridine rings is 1. The number of benzene rings is 3. The van der Waals surface area contributed by atoms with Gasteiger partial charge in [-0.15, -0.1) is 0 Å². The highest BCUT2D eigenvalue weighted by Crippen LogP contribution is 2.34. The molecule has 184 valence electrons. The smallest absolute Gasteiger partial charge is 0.273 e. The predicted molar refractivity (Wildman–Crippen MR) is 139 cm³/mol. The molecule has 2 heterocycles. The first-order valence-electron chi connectivity index (χ1n) is 11.2. The van der Waals surface area contributed by atoms with Gasteiger partial charge in [-0.1, -0.05) is 24.3 Å². The topological polar surface area (TPSA) is 129 Å². The number of fused-ring (bicyclic) bond motifs is 2. The molecule has 0 aliphatic rings. The number of hydrogen-bond acceptors (Lipinski definition) is 7. The number of hydrazone groups is 1. The third-order valence-electron chi connectivity index (χ3n) is 5.85. The third kappa shape index (κ3) is 4.55. The number of furan rings is 1. The van der Waals surface area contributed by atoms with E-state index in [1.54, 1.807) is 53.1 Å². The Kier molecular flexibility index (Phi) is 6.21. The minimum Gasteiger partial charge on any atom is -0.496 e. The summed E-state index contributed by atoms with van der Waals surface area (Å²) in [4.78, 5) is 36.1. The number of nitro groups is 1. The van der Waals surface area contributed by atoms with Crippen molar-refractivity contribution >= 4 is 39.6 Å². The SMILES string of the molecule is COc1cc([N+](=O)[O-])ccc1-c1ccc(/C=N\NC(=O)Cn2c3ccccc3c(=O)c3ccccc32)o1. The Bertz CT molecular complexity index is 1690. The molecule has 0 aliphatic heterocycles. The number of hydrogen-bond donors (Lipinski definition) is 1. The Morgan fingerprint density at radius 3 is 2.38 bits per heavy atom. The first kappa shape index (κ1) is 23.5. The van der Waals surface area contributed by atoms with Gasteiger partial charge in [-0.2, -0.15) is 5.10 Å². The molecule has 0 aliphatic carbocycles. The molecule has 0 atom stereocenters. The van der Waals surface area contributed by atoms with Gasteiger partial charge in [-0.3, -0.25) is 19.7 Å². The molecule has 3 aromatic carbocycles. The van der Waals surface area contributed by atoms with Gasteiger partial charge in [0.25, 0.3) is 11.6 Å². The molecule has 37 heavy (non-hydrogen) atoms. The maximum absolute atomic E-state index is 12.9. The molecule has 1 N–H and O–H groups in total.